The molecule has 1 aliphatic carbocycles. The van der Waals surface area contributed by atoms with Gasteiger partial charge >= 0.3 is 5.97 Å². The number of Topliss-reactive ketones (excluding diaryl/α,β-unsaturated/α-hetero) is 1. The fraction of sp³-hybridized carbons (Fsp3) is 0.529. The van der Waals surface area contributed by atoms with Gasteiger partial charge in [0.05, 0.1) is 30.9 Å². The topological polar surface area (TPSA) is 103 Å². The molecule has 1 amide bonds. The molecule has 7 heteroatoms. The van der Waals surface area contributed by atoms with Crippen LogP contribution in [0.25, 0.3) is 0 Å². The third kappa shape index (κ3) is 2.80. The number of amides is 1. The maximum atomic E-state index is 12.6. The molecule has 1 aliphatic rings. The molecule has 0 atom stereocenters. The Balaban J connectivity index is 2.33. The fourth-order valence-corrected chi connectivity index (χ4v) is 3.06. The van der Waals surface area contributed by atoms with Crippen molar-refractivity contribution >= 4 is 17.7 Å². The van der Waals surface area contributed by atoms with Gasteiger partial charge in [0.25, 0.3) is 0 Å². The van der Waals surface area contributed by atoms with Crippen LogP contribution in [0.5, 0.6) is 0 Å². The number of nitrogens with zero attached hydrogens (tertiary/aromatic N) is 2. The Morgan fingerprint density at radius 3 is 2.42 bits per heavy atom. The van der Waals surface area contributed by atoms with Gasteiger partial charge in [0.2, 0.25) is 5.91 Å². The molecule has 1 fully saturated rings. The van der Waals surface area contributed by atoms with E-state index in [1.165, 1.54) is 18.9 Å². The first-order chi connectivity index (χ1) is 11.3. The van der Waals surface area contributed by atoms with E-state index in [0.29, 0.717) is 29.8 Å². The number of ketones is 1. The Bertz CT molecular complexity index is 738. The van der Waals surface area contributed by atoms with Gasteiger partial charge in [-0.3, -0.25) is 9.59 Å². The number of H-pyrrole nitrogens is 1. The van der Waals surface area contributed by atoms with E-state index in [2.05, 4.69) is 11.1 Å². The monoisotopic (exact) mass is 331 g/mol. The summed E-state index contributed by atoms with van der Waals surface area (Å²) >= 11 is 0. The number of aromatic nitrogens is 1. The number of ether oxygens (including phenoxy) is 1. The van der Waals surface area contributed by atoms with Crippen LogP contribution in [0.2, 0.25) is 0 Å². The number of carbonyl (C=O) groups excluding carboxylic acids is 3. The highest BCUT2D eigenvalue weighted by Crippen LogP contribution is 2.36. The molecule has 1 N–H and O–H groups in total. The van der Waals surface area contributed by atoms with E-state index in [1.807, 2.05) is 0 Å². The molecule has 0 radical (unpaired) electrons. The summed E-state index contributed by atoms with van der Waals surface area (Å²) in [6, 6.07) is 2.21. The second-order valence-electron chi connectivity index (χ2n) is 6.15. The van der Waals surface area contributed by atoms with Crippen molar-refractivity contribution in [1.29, 1.82) is 5.26 Å². The number of hydrogen-bond acceptors (Lipinski definition) is 5. The first kappa shape index (κ1) is 17.7. The average Bonchev–Trinajstić information content (AvgIpc) is 2.82. The van der Waals surface area contributed by atoms with Crippen LogP contribution < -0.4 is 0 Å². The first-order valence-electron chi connectivity index (χ1n) is 7.76. The molecule has 1 heterocycles. The predicted molar refractivity (Wildman–Crippen MR) is 85.5 cm³/mol. The summed E-state index contributed by atoms with van der Waals surface area (Å²) in [4.78, 5) is 40.6. The molecule has 0 spiro atoms. The summed E-state index contributed by atoms with van der Waals surface area (Å²) in [5.74, 6) is -1.10. The largest absolute Gasteiger partial charge is 0.465 e. The van der Waals surface area contributed by atoms with E-state index in [1.54, 1.807) is 14.0 Å². The molecule has 128 valence electrons. The summed E-state index contributed by atoms with van der Waals surface area (Å²) < 4.78 is 4.77. The number of hydrogen-bond donors (Lipinski definition) is 1. The molecular weight excluding hydrogens is 310 g/mol. The molecular formula is C17H21N3O4. The highest BCUT2D eigenvalue weighted by molar-refractivity contribution is 6.01. The maximum absolute atomic E-state index is 12.6. The lowest BCUT2D eigenvalue weighted by Gasteiger charge is -2.42. The van der Waals surface area contributed by atoms with Crippen LogP contribution in [-0.2, 0) is 16.0 Å². The van der Waals surface area contributed by atoms with Crippen molar-refractivity contribution in [3.8, 4) is 6.07 Å². The third-order valence-electron chi connectivity index (χ3n) is 4.80. The van der Waals surface area contributed by atoms with Gasteiger partial charge in [-0.15, -0.1) is 0 Å². The normalized spacial score (nSPS) is 15.1. The number of rotatable bonds is 5. The Morgan fingerprint density at radius 1 is 1.38 bits per heavy atom. The van der Waals surface area contributed by atoms with Gasteiger partial charge in [-0.25, -0.2) is 4.79 Å². The van der Waals surface area contributed by atoms with Crippen molar-refractivity contribution in [1.82, 2.24) is 9.88 Å². The van der Waals surface area contributed by atoms with Crippen molar-refractivity contribution in [3.05, 3.63) is 22.5 Å². The standard InChI is InChI=1S/C17H21N3O4/c1-10-14(16(23)24-4)12(19-15(10)11(2)21)8-13(22)20(3)17(9-18)6-5-7-17/h19H,5-8H2,1-4H3. The summed E-state index contributed by atoms with van der Waals surface area (Å²) in [5.41, 5.74) is 0.559. The zero-order valence-electron chi connectivity index (χ0n) is 14.4. The number of aromatic amines is 1. The van der Waals surface area contributed by atoms with Crippen LogP contribution in [-0.4, -0.2) is 47.2 Å². The van der Waals surface area contributed by atoms with Gasteiger partial charge in [-0.2, -0.15) is 5.26 Å². The van der Waals surface area contributed by atoms with Crippen LogP contribution >= 0.6 is 0 Å². The van der Waals surface area contributed by atoms with Crippen molar-refractivity contribution in [2.45, 2.75) is 45.1 Å². The van der Waals surface area contributed by atoms with Crippen LogP contribution in [0.3, 0.4) is 0 Å². The average molecular weight is 331 g/mol. The maximum Gasteiger partial charge on any atom is 0.339 e. The summed E-state index contributed by atoms with van der Waals surface area (Å²) in [6.07, 6.45) is 2.11. The minimum Gasteiger partial charge on any atom is -0.465 e. The first-order valence-corrected chi connectivity index (χ1v) is 7.76. The second kappa shape index (κ2) is 6.48. The number of likely N-dealkylation sites (N-methyl/N-ethyl adjacent to an activating group) is 1. The zero-order valence-corrected chi connectivity index (χ0v) is 14.4. The third-order valence-corrected chi connectivity index (χ3v) is 4.80. The molecule has 1 aromatic rings. The van der Waals surface area contributed by atoms with Crippen molar-refractivity contribution < 1.29 is 19.1 Å². The Labute approximate surface area is 140 Å². The minimum absolute atomic E-state index is 0.0987. The van der Waals surface area contributed by atoms with Gasteiger partial charge in [0.15, 0.2) is 5.78 Å². The quantitative estimate of drug-likeness (QED) is 0.654. The van der Waals surface area contributed by atoms with Crippen LogP contribution in [0.1, 0.15) is 58.3 Å². The van der Waals surface area contributed by atoms with Crippen LogP contribution in [0, 0.1) is 18.3 Å². The molecule has 0 unspecified atom stereocenters. The van der Waals surface area contributed by atoms with Gasteiger partial charge in [-0.1, -0.05) is 0 Å². The van der Waals surface area contributed by atoms with Crippen LogP contribution in [0.4, 0.5) is 0 Å². The zero-order chi connectivity index (χ0) is 18.1. The van der Waals surface area contributed by atoms with Gasteiger partial charge < -0.3 is 14.6 Å². The van der Waals surface area contributed by atoms with Crippen molar-refractivity contribution in [3.63, 3.8) is 0 Å². The lowest BCUT2D eigenvalue weighted by molar-refractivity contribution is -0.135. The Hall–Kier alpha value is -2.62. The lowest BCUT2D eigenvalue weighted by Crippen LogP contribution is -2.53. The molecule has 0 bridgehead atoms. The van der Waals surface area contributed by atoms with Gasteiger partial charge in [0, 0.05) is 19.7 Å². The summed E-state index contributed by atoms with van der Waals surface area (Å²) in [7, 11) is 2.85. The summed E-state index contributed by atoms with van der Waals surface area (Å²) in [6.45, 7) is 3.02. The lowest BCUT2D eigenvalue weighted by atomic mass is 9.76. The number of carbonyl (C=O) groups is 3. The van der Waals surface area contributed by atoms with E-state index in [-0.39, 0.29) is 23.7 Å². The SMILES string of the molecule is COC(=O)c1c(CC(=O)N(C)C2(C#N)CCC2)[nH]c(C(C)=O)c1C. The molecule has 0 aromatic carbocycles. The highest BCUT2D eigenvalue weighted by Gasteiger charge is 2.43. The molecule has 2 rings (SSSR count). The van der Waals surface area contributed by atoms with E-state index in [9.17, 15) is 19.6 Å². The smallest absolute Gasteiger partial charge is 0.339 e. The van der Waals surface area contributed by atoms with E-state index >= 15 is 0 Å². The molecule has 24 heavy (non-hydrogen) atoms. The number of esters is 1. The summed E-state index contributed by atoms with van der Waals surface area (Å²) in [5, 5.41) is 9.35. The molecule has 1 aromatic heterocycles. The fourth-order valence-electron chi connectivity index (χ4n) is 3.06. The Morgan fingerprint density at radius 2 is 2.00 bits per heavy atom. The van der Waals surface area contributed by atoms with Crippen molar-refractivity contribution in [2.75, 3.05) is 14.2 Å². The second-order valence-corrected chi connectivity index (χ2v) is 6.15. The number of methoxy groups -OCH3 is 1. The van der Waals surface area contributed by atoms with Crippen molar-refractivity contribution in [2.24, 2.45) is 0 Å². The van der Waals surface area contributed by atoms with E-state index < -0.39 is 11.5 Å². The number of nitrogens with one attached hydrogen (secondary N) is 1. The Kier molecular flexibility index (Phi) is 4.78. The molecule has 0 aliphatic heterocycles. The van der Waals surface area contributed by atoms with Gasteiger partial charge in [-0.05, 0) is 31.7 Å². The van der Waals surface area contributed by atoms with E-state index in [0.717, 1.165) is 6.42 Å². The van der Waals surface area contributed by atoms with Gasteiger partial charge in [0.1, 0.15) is 5.54 Å². The molecule has 0 saturated heterocycles. The predicted octanol–water partition coefficient (Wildman–Crippen LogP) is 1.76. The molecule has 1 saturated carbocycles. The van der Waals surface area contributed by atoms with Crippen LogP contribution in [0.15, 0.2) is 0 Å². The number of nitriles is 1. The minimum atomic E-state index is -0.756. The van der Waals surface area contributed by atoms with E-state index in [4.69, 9.17) is 4.74 Å². The molecule has 7 nitrogen and oxygen atoms in total. The highest BCUT2D eigenvalue weighted by atomic mass is 16.5.